The standard InChI is InChI=1S/C16H17ClN4O/c1-10-9-12(17)5-6-13(10)18-14-7-8-15(21-20-14)19-16(22)11-3-2-4-11/h5-9,11H,2-4H2,1H3,(H,18,20)(H,19,21,22). The molecule has 0 atom stereocenters. The van der Waals surface area contributed by atoms with Crippen molar-refractivity contribution < 1.29 is 4.79 Å². The van der Waals surface area contributed by atoms with E-state index in [0.29, 0.717) is 16.7 Å². The number of aromatic nitrogens is 2. The third-order valence-electron chi connectivity index (χ3n) is 3.84. The quantitative estimate of drug-likeness (QED) is 0.897. The van der Waals surface area contributed by atoms with Gasteiger partial charge in [0.05, 0.1) is 0 Å². The summed E-state index contributed by atoms with van der Waals surface area (Å²) in [5.41, 5.74) is 1.95. The van der Waals surface area contributed by atoms with Crippen LogP contribution in [0, 0.1) is 12.8 Å². The Bertz CT molecular complexity index is 683. The van der Waals surface area contributed by atoms with Crippen molar-refractivity contribution in [3.8, 4) is 0 Å². The van der Waals surface area contributed by atoms with Gasteiger partial charge in [0, 0.05) is 16.6 Å². The summed E-state index contributed by atoms with van der Waals surface area (Å²) in [4.78, 5) is 11.8. The number of anilines is 3. The number of nitrogens with zero attached hydrogens (tertiary/aromatic N) is 2. The van der Waals surface area contributed by atoms with Crippen LogP contribution in [0.1, 0.15) is 24.8 Å². The fraction of sp³-hybridized carbons (Fsp3) is 0.312. The number of carbonyl (C=O) groups excluding carboxylic acids is 1. The third kappa shape index (κ3) is 3.36. The van der Waals surface area contributed by atoms with Crippen LogP contribution >= 0.6 is 11.6 Å². The molecule has 2 N–H and O–H groups in total. The maximum atomic E-state index is 11.8. The van der Waals surface area contributed by atoms with E-state index in [2.05, 4.69) is 20.8 Å². The number of hydrogen-bond donors (Lipinski definition) is 2. The van der Waals surface area contributed by atoms with Gasteiger partial charge in [-0.3, -0.25) is 4.79 Å². The predicted octanol–water partition coefficient (Wildman–Crippen LogP) is 3.92. The Morgan fingerprint density at radius 2 is 1.91 bits per heavy atom. The number of hydrogen-bond acceptors (Lipinski definition) is 4. The van der Waals surface area contributed by atoms with E-state index < -0.39 is 0 Å². The number of halogens is 1. The maximum Gasteiger partial charge on any atom is 0.228 e. The summed E-state index contributed by atoms with van der Waals surface area (Å²) in [6.07, 6.45) is 3.07. The van der Waals surface area contributed by atoms with Gasteiger partial charge in [-0.1, -0.05) is 18.0 Å². The molecule has 1 fully saturated rings. The zero-order chi connectivity index (χ0) is 15.5. The van der Waals surface area contributed by atoms with Crippen molar-refractivity contribution in [2.75, 3.05) is 10.6 Å². The molecule has 6 heteroatoms. The second kappa shape index (κ2) is 6.32. The van der Waals surface area contributed by atoms with Crippen LogP contribution in [0.4, 0.5) is 17.3 Å². The van der Waals surface area contributed by atoms with E-state index in [1.165, 1.54) is 0 Å². The first-order valence-electron chi connectivity index (χ1n) is 7.29. The van der Waals surface area contributed by atoms with Gasteiger partial charge in [0.25, 0.3) is 0 Å². The van der Waals surface area contributed by atoms with E-state index >= 15 is 0 Å². The highest BCUT2D eigenvalue weighted by Gasteiger charge is 2.25. The smallest absolute Gasteiger partial charge is 0.228 e. The largest absolute Gasteiger partial charge is 0.339 e. The van der Waals surface area contributed by atoms with E-state index in [4.69, 9.17) is 11.6 Å². The number of carbonyl (C=O) groups is 1. The Morgan fingerprint density at radius 3 is 2.50 bits per heavy atom. The number of aryl methyl sites for hydroxylation is 1. The summed E-state index contributed by atoms with van der Waals surface area (Å²) in [6, 6.07) is 9.13. The Labute approximate surface area is 134 Å². The molecular weight excluding hydrogens is 300 g/mol. The van der Waals surface area contributed by atoms with Crippen molar-refractivity contribution >= 4 is 34.8 Å². The normalized spacial score (nSPS) is 14.3. The monoisotopic (exact) mass is 316 g/mol. The van der Waals surface area contributed by atoms with Crippen LogP contribution in [-0.2, 0) is 4.79 Å². The molecular formula is C16H17ClN4O. The van der Waals surface area contributed by atoms with Crippen molar-refractivity contribution in [2.45, 2.75) is 26.2 Å². The van der Waals surface area contributed by atoms with E-state index in [1.54, 1.807) is 12.1 Å². The highest BCUT2D eigenvalue weighted by Crippen LogP contribution is 2.27. The molecule has 0 aliphatic heterocycles. The van der Waals surface area contributed by atoms with Gasteiger partial charge in [-0.05, 0) is 55.7 Å². The summed E-state index contributed by atoms with van der Waals surface area (Å²) in [7, 11) is 0. The Balaban J connectivity index is 1.64. The van der Waals surface area contributed by atoms with E-state index in [1.807, 2.05) is 25.1 Å². The lowest BCUT2D eigenvalue weighted by molar-refractivity contribution is -0.122. The van der Waals surface area contributed by atoms with Gasteiger partial charge in [0.1, 0.15) is 0 Å². The number of benzene rings is 1. The van der Waals surface area contributed by atoms with Crippen molar-refractivity contribution in [1.29, 1.82) is 0 Å². The lowest BCUT2D eigenvalue weighted by atomic mass is 9.85. The zero-order valence-corrected chi connectivity index (χ0v) is 13.0. The lowest BCUT2D eigenvalue weighted by Gasteiger charge is -2.23. The van der Waals surface area contributed by atoms with Crippen LogP contribution in [0.5, 0.6) is 0 Å². The molecule has 2 aromatic rings. The van der Waals surface area contributed by atoms with E-state index in [9.17, 15) is 4.79 Å². The van der Waals surface area contributed by atoms with Gasteiger partial charge in [0.2, 0.25) is 5.91 Å². The molecule has 1 aliphatic carbocycles. The molecule has 0 unspecified atom stereocenters. The molecule has 0 saturated heterocycles. The van der Waals surface area contributed by atoms with Crippen LogP contribution < -0.4 is 10.6 Å². The first kappa shape index (κ1) is 14.8. The second-order valence-corrected chi connectivity index (χ2v) is 5.94. The van der Waals surface area contributed by atoms with Crippen molar-refractivity contribution in [1.82, 2.24) is 10.2 Å². The Kier molecular flexibility index (Phi) is 4.24. The minimum absolute atomic E-state index is 0.0369. The van der Waals surface area contributed by atoms with Gasteiger partial charge in [-0.15, -0.1) is 10.2 Å². The average molecular weight is 317 g/mol. The second-order valence-electron chi connectivity index (χ2n) is 5.51. The molecule has 1 saturated carbocycles. The number of rotatable bonds is 4. The Hall–Kier alpha value is -2.14. The molecule has 3 rings (SSSR count). The first-order valence-corrected chi connectivity index (χ1v) is 7.67. The molecule has 1 amide bonds. The molecule has 1 aromatic carbocycles. The molecule has 1 aromatic heterocycles. The molecule has 114 valence electrons. The maximum absolute atomic E-state index is 11.8. The molecule has 1 aliphatic rings. The molecule has 1 heterocycles. The highest BCUT2D eigenvalue weighted by atomic mass is 35.5. The fourth-order valence-electron chi connectivity index (χ4n) is 2.27. The number of nitrogens with one attached hydrogen (secondary N) is 2. The van der Waals surface area contributed by atoms with Gasteiger partial charge < -0.3 is 10.6 Å². The molecule has 0 bridgehead atoms. The minimum atomic E-state index is 0.0369. The Morgan fingerprint density at radius 1 is 1.18 bits per heavy atom. The van der Waals surface area contributed by atoms with Gasteiger partial charge in [0.15, 0.2) is 11.6 Å². The molecule has 5 nitrogen and oxygen atoms in total. The summed E-state index contributed by atoms with van der Waals surface area (Å²) in [6.45, 7) is 1.97. The molecule has 22 heavy (non-hydrogen) atoms. The van der Waals surface area contributed by atoms with Crippen LogP contribution in [0.2, 0.25) is 5.02 Å². The predicted molar refractivity (Wildman–Crippen MR) is 87.5 cm³/mol. The average Bonchev–Trinajstić information content (AvgIpc) is 2.42. The highest BCUT2D eigenvalue weighted by molar-refractivity contribution is 6.30. The minimum Gasteiger partial charge on any atom is -0.339 e. The van der Waals surface area contributed by atoms with Crippen LogP contribution in [0.15, 0.2) is 30.3 Å². The summed E-state index contributed by atoms with van der Waals surface area (Å²) in [5, 5.41) is 14.8. The van der Waals surface area contributed by atoms with Crippen molar-refractivity contribution in [2.24, 2.45) is 5.92 Å². The lowest BCUT2D eigenvalue weighted by Crippen LogP contribution is -2.28. The zero-order valence-electron chi connectivity index (χ0n) is 12.3. The van der Waals surface area contributed by atoms with Crippen LogP contribution in [0.25, 0.3) is 0 Å². The third-order valence-corrected chi connectivity index (χ3v) is 4.08. The van der Waals surface area contributed by atoms with Gasteiger partial charge in [-0.25, -0.2) is 0 Å². The van der Waals surface area contributed by atoms with Crippen LogP contribution in [0.3, 0.4) is 0 Å². The molecule has 0 radical (unpaired) electrons. The van der Waals surface area contributed by atoms with Crippen molar-refractivity contribution in [3.05, 3.63) is 40.9 Å². The topological polar surface area (TPSA) is 66.9 Å². The fourth-order valence-corrected chi connectivity index (χ4v) is 2.50. The summed E-state index contributed by atoms with van der Waals surface area (Å²) in [5.74, 6) is 1.27. The summed E-state index contributed by atoms with van der Waals surface area (Å²) >= 11 is 5.94. The number of amides is 1. The van der Waals surface area contributed by atoms with Crippen molar-refractivity contribution in [3.63, 3.8) is 0 Å². The molecule has 0 spiro atoms. The van der Waals surface area contributed by atoms with E-state index in [-0.39, 0.29) is 11.8 Å². The van der Waals surface area contributed by atoms with Gasteiger partial charge >= 0.3 is 0 Å². The van der Waals surface area contributed by atoms with Crippen LogP contribution in [-0.4, -0.2) is 16.1 Å². The first-order chi connectivity index (χ1) is 10.6. The SMILES string of the molecule is Cc1cc(Cl)ccc1Nc1ccc(NC(=O)C2CCC2)nn1. The van der Waals surface area contributed by atoms with Gasteiger partial charge in [-0.2, -0.15) is 0 Å². The summed E-state index contributed by atoms with van der Waals surface area (Å²) < 4.78 is 0. The van der Waals surface area contributed by atoms with E-state index in [0.717, 1.165) is 30.5 Å².